The van der Waals surface area contributed by atoms with Gasteiger partial charge in [-0.25, -0.2) is 13.4 Å². The number of hydrogen-bond donors (Lipinski definition) is 2. The fourth-order valence-corrected chi connectivity index (χ4v) is 4.55. The predicted molar refractivity (Wildman–Crippen MR) is 102 cm³/mol. The Hall–Kier alpha value is -2.81. The third kappa shape index (κ3) is 4.68. The molecule has 2 N–H and O–H groups in total. The molecule has 3 rings (SSSR count). The molecule has 0 radical (unpaired) electrons. The second-order valence-corrected chi connectivity index (χ2v) is 8.42. The van der Waals surface area contributed by atoms with Crippen molar-refractivity contribution in [2.45, 2.75) is 12.5 Å². The fraction of sp³-hybridized carbons (Fsp3) is 0.333. The Morgan fingerprint density at radius 1 is 1.19 bits per heavy atom. The molecule has 9 heteroatoms. The quantitative estimate of drug-likeness (QED) is 0.775. The number of amides is 1. The Morgan fingerprint density at radius 3 is 2.67 bits per heavy atom. The van der Waals surface area contributed by atoms with E-state index in [1.807, 2.05) is 0 Å². The van der Waals surface area contributed by atoms with Crippen LogP contribution in [0.1, 0.15) is 16.8 Å². The van der Waals surface area contributed by atoms with Gasteiger partial charge in [-0.15, -0.1) is 0 Å². The average Bonchev–Trinajstić information content (AvgIpc) is 3.00. The van der Waals surface area contributed by atoms with Crippen LogP contribution in [0.2, 0.25) is 0 Å². The summed E-state index contributed by atoms with van der Waals surface area (Å²) in [6.45, 7) is 0. The fourth-order valence-electron chi connectivity index (χ4n) is 2.87. The molecule has 0 spiro atoms. The van der Waals surface area contributed by atoms with Crippen molar-refractivity contribution in [1.29, 1.82) is 0 Å². The molecule has 1 aliphatic rings. The van der Waals surface area contributed by atoms with Crippen molar-refractivity contribution in [3.8, 4) is 11.5 Å². The molecule has 1 atom stereocenters. The number of hydrogen-bond acceptors (Lipinski definition) is 7. The molecule has 1 aromatic heterocycles. The third-order valence-corrected chi connectivity index (χ3v) is 6.03. The highest BCUT2D eigenvalue weighted by Gasteiger charge is 2.28. The lowest BCUT2D eigenvalue weighted by Crippen LogP contribution is -2.21. The number of nitrogens with zero attached hydrogens (tertiary/aromatic N) is 1. The van der Waals surface area contributed by atoms with Crippen LogP contribution in [0.5, 0.6) is 11.5 Å². The molecule has 2 heterocycles. The highest BCUT2D eigenvalue weighted by molar-refractivity contribution is 7.91. The maximum atomic E-state index is 12.6. The highest BCUT2D eigenvalue weighted by atomic mass is 32.2. The van der Waals surface area contributed by atoms with Crippen LogP contribution in [0.25, 0.3) is 0 Å². The van der Waals surface area contributed by atoms with Gasteiger partial charge >= 0.3 is 0 Å². The van der Waals surface area contributed by atoms with Crippen LogP contribution < -0.4 is 20.1 Å². The summed E-state index contributed by atoms with van der Waals surface area (Å²) in [5, 5.41) is 5.87. The Kier molecular flexibility index (Phi) is 5.50. The van der Waals surface area contributed by atoms with Crippen LogP contribution in [0.15, 0.2) is 36.5 Å². The molecule has 1 aromatic carbocycles. The van der Waals surface area contributed by atoms with Crippen molar-refractivity contribution >= 4 is 27.2 Å². The van der Waals surface area contributed by atoms with E-state index in [9.17, 15) is 13.2 Å². The van der Waals surface area contributed by atoms with Gasteiger partial charge < -0.3 is 20.1 Å². The van der Waals surface area contributed by atoms with Crippen molar-refractivity contribution in [3.05, 3.63) is 42.1 Å². The molecule has 0 aliphatic carbocycles. The van der Waals surface area contributed by atoms with Gasteiger partial charge in [0.2, 0.25) is 0 Å². The summed E-state index contributed by atoms with van der Waals surface area (Å²) in [6, 6.07) is 8.08. The lowest BCUT2D eigenvalue weighted by molar-refractivity contribution is 0.102. The Balaban J connectivity index is 1.74. The lowest BCUT2D eigenvalue weighted by atomic mass is 10.2. The van der Waals surface area contributed by atoms with Gasteiger partial charge in [-0.1, -0.05) is 0 Å². The molecule has 27 heavy (non-hydrogen) atoms. The molecule has 2 aromatic rings. The zero-order chi connectivity index (χ0) is 19.4. The summed E-state index contributed by atoms with van der Waals surface area (Å²) in [6.07, 6.45) is 2.03. The monoisotopic (exact) mass is 391 g/mol. The van der Waals surface area contributed by atoms with Crippen LogP contribution in [-0.4, -0.2) is 51.1 Å². The lowest BCUT2D eigenvalue weighted by Gasteiger charge is -2.14. The number of rotatable bonds is 6. The van der Waals surface area contributed by atoms with Crippen molar-refractivity contribution in [2.75, 3.05) is 36.4 Å². The molecule has 144 valence electrons. The van der Waals surface area contributed by atoms with Crippen molar-refractivity contribution in [2.24, 2.45) is 0 Å². The molecule has 1 amide bonds. The number of nitrogens with one attached hydrogen (secondary N) is 2. The summed E-state index contributed by atoms with van der Waals surface area (Å²) < 4.78 is 33.6. The number of methoxy groups -OCH3 is 2. The van der Waals surface area contributed by atoms with E-state index in [0.29, 0.717) is 35.0 Å². The Labute approximate surface area is 157 Å². The number of benzene rings is 1. The molecule has 0 bridgehead atoms. The first-order valence-corrected chi connectivity index (χ1v) is 10.2. The maximum absolute atomic E-state index is 12.6. The average molecular weight is 391 g/mol. The SMILES string of the molecule is COc1ccc(OC)c(NC(=O)c2ccnc(NC3CCS(=O)(=O)C3)c2)c1. The largest absolute Gasteiger partial charge is 0.497 e. The van der Waals surface area contributed by atoms with Crippen molar-refractivity contribution in [1.82, 2.24) is 4.98 Å². The number of carbonyl (C=O) groups excluding carboxylic acids is 1. The molecule has 1 aliphatic heterocycles. The summed E-state index contributed by atoms with van der Waals surface area (Å²) in [7, 11) is 0.0622. The van der Waals surface area contributed by atoms with Crippen LogP contribution in [0.4, 0.5) is 11.5 Å². The van der Waals surface area contributed by atoms with Crippen LogP contribution in [-0.2, 0) is 9.84 Å². The summed E-state index contributed by atoms with van der Waals surface area (Å²) >= 11 is 0. The van der Waals surface area contributed by atoms with Gasteiger partial charge in [0.15, 0.2) is 9.84 Å². The maximum Gasteiger partial charge on any atom is 0.255 e. The van der Waals surface area contributed by atoms with Gasteiger partial charge in [-0.05, 0) is 30.7 Å². The normalized spacial score (nSPS) is 17.9. The number of sulfone groups is 1. The van der Waals surface area contributed by atoms with Gasteiger partial charge in [-0.3, -0.25) is 4.79 Å². The zero-order valence-corrected chi connectivity index (χ0v) is 15.9. The first-order valence-electron chi connectivity index (χ1n) is 8.36. The smallest absolute Gasteiger partial charge is 0.255 e. The molecular weight excluding hydrogens is 370 g/mol. The van der Waals surface area contributed by atoms with Gasteiger partial charge in [0.1, 0.15) is 17.3 Å². The molecule has 0 saturated carbocycles. The van der Waals surface area contributed by atoms with E-state index in [-0.39, 0.29) is 23.5 Å². The van der Waals surface area contributed by atoms with Crippen LogP contribution in [0.3, 0.4) is 0 Å². The minimum absolute atomic E-state index is 0.0755. The van der Waals surface area contributed by atoms with E-state index in [1.54, 1.807) is 30.3 Å². The molecule has 1 saturated heterocycles. The van der Waals surface area contributed by atoms with Crippen LogP contribution >= 0.6 is 0 Å². The summed E-state index contributed by atoms with van der Waals surface area (Å²) in [4.78, 5) is 16.8. The van der Waals surface area contributed by atoms with Crippen molar-refractivity contribution in [3.63, 3.8) is 0 Å². The highest BCUT2D eigenvalue weighted by Crippen LogP contribution is 2.29. The Bertz CT molecular complexity index is 946. The second-order valence-electron chi connectivity index (χ2n) is 6.19. The second kappa shape index (κ2) is 7.83. The molecule has 1 unspecified atom stereocenters. The minimum atomic E-state index is -2.99. The Morgan fingerprint density at radius 2 is 2.00 bits per heavy atom. The summed E-state index contributed by atoms with van der Waals surface area (Å²) in [5.74, 6) is 1.46. The van der Waals surface area contributed by atoms with E-state index in [1.165, 1.54) is 20.4 Å². The number of carbonyl (C=O) groups is 1. The first kappa shape index (κ1) is 19.0. The zero-order valence-electron chi connectivity index (χ0n) is 15.1. The van der Waals surface area contributed by atoms with E-state index >= 15 is 0 Å². The van der Waals surface area contributed by atoms with Gasteiger partial charge in [-0.2, -0.15) is 0 Å². The minimum Gasteiger partial charge on any atom is -0.497 e. The van der Waals surface area contributed by atoms with Gasteiger partial charge in [0.05, 0.1) is 31.4 Å². The summed E-state index contributed by atoms with van der Waals surface area (Å²) in [5.41, 5.74) is 0.869. The van der Waals surface area contributed by atoms with Gasteiger partial charge in [0, 0.05) is 23.9 Å². The van der Waals surface area contributed by atoms with Gasteiger partial charge in [0.25, 0.3) is 5.91 Å². The van der Waals surface area contributed by atoms with E-state index in [4.69, 9.17) is 9.47 Å². The van der Waals surface area contributed by atoms with Crippen LogP contribution in [0, 0.1) is 0 Å². The van der Waals surface area contributed by atoms with Crippen molar-refractivity contribution < 1.29 is 22.7 Å². The predicted octanol–water partition coefficient (Wildman–Crippen LogP) is 1.95. The molecular formula is C18H21N3O5S. The topological polar surface area (TPSA) is 107 Å². The van der Waals surface area contributed by atoms with E-state index in [2.05, 4.69) is 15.6 Å². The standard InChI is InChI=1S/C18H21N3O5S/c1-25-14-3-4-16(26-2)15(10-14)21-18(22)12-5-7-19-17(9-12)20-13-6-8-27(23,24)11-13/h3-5,7,9-10,13H,6,8,11H2,1-2H3,(H,19,20)(H,21,22). The number of pyridine rings is 1. The van der Waals surface area contributed by atoms with E-state index < -0.39 is 9.84 Å². The number of aromatic nitrogens is 1. The van der Waals surface area contributed by atoms with E-state index in [0.717, 1.165) is 0 Å². The number of anilines is 2. The molecule has 8 nitrogen and oxygen atoms in total. The molecule has 1 fully saturated rings. The first-order chi connectivity index (χ1) is 12.9. The number of ether oxygens (including phenoxy) is 2. The third-order valence-electron chi connectivity index (χ3n) is 4.26.